The summed E-state index contributed by atoms with van der Waals surface area (Å²) < 4.78 is 16.1. The Kier molecular flexibility index (Phi) is 7.51. The first kappa shape index (κ1) is 23.4. The molecule has 3 aromatic rings. The summed E-state index contributed by atoms with van der Waals surface area (Å²) in [6.07, 6.45) is 2.72. The molecule has 3 rings (SSSR count). The highest BCUT2D eigenvalue weighted by molar-refractivity contribution is 7.98. The second-order valence-electron chi connectivity index (χ2n) is 7.49. The van der Waals surface area contributed by atoms with Gasteiger partial charge in [0.05, 0.1) is 6.04 Å². The number of carbonyl (C=O) groups is 1. The summed E-state index contributed by atoms with van der Waals surface area (Å²) in [6.45, 7) is 4.12. The number of aryl methyl sites for hydroxylation is 2. The fourth-order valence-electron chi connectivity index (χ4n) is 3.55. The largest absolute Gasteiger partial charge is 0.354 e. The van der Waals surface area contributed by atoms with Crippen LogP contribution in [-0.4, -0.2) is 57.3 Å². The predicted octanol–water partition coefficient (Wildman–Crippen LogP) is 3.61. The van der Waals surface area contributed by atoms with Crippen molar-refractivity contribution in [1.82, 2.24) is 29.8 Å². The van der Waals surface area contributed by atoms with Crippen LogP contribution in [0.5, 0.6) is 0 Å². The zero-order valence-electron chi connectivity index (χ0n) is 18.2. The molecular formula is C21H26ClFN6OS. The molecule has 2 heterocycles. The molecule has 1 atom stereocenters. The Balaban J connectivity index is 1.68. The van der Waals surface area contributed by atoms with Crippen LogP contribution in [0.25, 0.3) is 5.78 Å². The fraction of sp³-hybridized carbons (Fsp3) is 0.429. The molecule has 0 saturated carbocycles. The van der Waals surface area contributed by atoms with Crippen molar-refractivity contribution in [2.45, 2.75) is 37.9 Å². The Morgan fingerprint density at radius 3 is 2.71 bits per heavy atom. The standard InChI is InChI=1S/C21H26ClFN6OS/c1-12-14(13(2)29-20(25-12)26-21(27-29)31-5)9-10-18(30)24-11-17(28(3)4)19-15(22)7-6-8-16(19)23/h6-8,17H,9-11H2,1-5H3,(H,24,30). The third-order valence-electron chi connectivity index (χ3n) is 5.26. The molecule has 1 N–H and O–H groups in total. The lowest BCUT2D eigenvalue weighted by atomic mass is 10.0. The zero-order chi connectivity index (χ0) is 22.7. The van der Waals surface area contributed by atoms with Crippen molar-refractivity contribution in [3.8, 4) is 0 Å². The molecule has 166 valence electrons. The number of nitrogens with one attached hydrogen (secondary N) is 1. The van der Waals surface area contributed by atoms with Gasteiger partial charge in [-0.3, -0.25) is 4.79 Å². The molecule has 0 aliphatic heterocycles. The van der Waals surface area contributed by atoms with Crippen LogP contribution in [0.1, 0.15) is 35.0 Å². The van der Waals surface area contributed by atoms with E-state index < -0.39 is 0 Å². The van der Waals surface area contributed by atoms with Crippen LogP contribution in [0.2, 0.25) is 5.02 Å². The second-order valence-corrected chi connectivity index (χ2v) is 8.67. The van der Waals surface area contributed by atoms with E-state index in [1.807, 2.05) is 39.1 Å². The van der Waals surface area contributed by atoms with Crippen LogP contribution >= 0.6 is 23.4 Å². The van der Waals surface area contributed by atoms with E-state index in [0.717, 1.165) is 17.0 Å². The highest BCUT2D eigenvalue weighted by Gasteiger charge is 2.22. The number of benzene rings is 1. The van der Waals surface area contributed by atoms with Gasteiger partial charge in [0, 0.05) is 34.9 Å². The number of aromatic nitrogens is 4. The molecule has 0 aliphatic rings. The van der Waals surface area contributed by atoms with E-state index in [1.165, 1.54) is 17.8 Å². The Morgan fingerprint density at radius 2 is 2.06 bits per heavy atom. The van der Waals surface area contributed by atoms with Crippen LogP contribution in [0, 0.1) is 19.7 Å². The third-order valence-corrected chi connectivity index (χ3v) is 6.13. The van der Waals surface area contributed by atoms with Gasteiger partial charge in [0.15, 0.2) is 0 Å². The molecule has 31 heavy (non-hydrogen) atoms. The van der Waals surface area contributed by atoms with Crippen molar-refractivity contribution < 1.29 is 9.18 Å². The topological polar surface area (TPSA) is 75.4 Å². The minimum absolute atomic E-state index is 0.124. The molecule has 0 aliphatic carbocycles. The number of halogens is 2. The molecule has 2 aromatic heterocycles. The lowest BCUT2D eigenvalue weighted by Gasteiger charge is -2.26. The van der Waals surface area contributed by atoms with Crippen LogP contribution in [0.4, 0.5) is 4.39 Å². The maximum atomic E-state index is 14.4. The summed E-state index contributed by atoms with van der Waals surface area (Å²) >= 11 is 7.68. The van der Waals surface area contributed by atoms with E-state index >= 15 is 0 Å². The number of nitrogens with zero attached hydrogens (tertiary/aromatic N) is 5. The van der Waals surface area contributed by atoms with Gasteiger partial charge in [0.1, 0.15) is 5.82 Å². The summed E-state index contributed by atoms with van der Waals surface area (Å²) in [5.74, 6) is 0.0493. The minimum atomic E-state index is -0.386. The van der Waals surface area contributed by atoms with Gasteiger partial charge in [-0.1, -0.05) is 29.4 Å². The van der Waals surface area contributed by atoms with Crippen molar-refractivity contribution in [2.75, 3.05) is 26.9 Å². The lowest BCUT2D eigenvalue weighted by Crippen LogP contribution is -2.35. The van der Waals surface area contributed by atoms with Crippen molar-refractivity contribution in [3.63, 3.8) is 0 Å². The number of hydrogen-bond acceptors (Lipinski definition) is 6. The molecule has 1 unspecified atom stereocenters. The van der Waals surface area contributed by atoms with Gasteiger partial charge >= 0.3 is 0 Å². The van der Waals surface area contributed by atoms with Gasteiger partial charge in [-0.15, -0.1) is 5.10 Å². The van der Waals surface area contributed by atoms with E-state index in [2.05, 4.69) is 20.4 Å². The smallest absolute Gasteiger partial charge is 0.253 e. The van der Waals surface area contributed by atoms with Crippen LogP contribution in [-0.2, 0) is 11.2 Å². The van der Waals surface area contributed by atoms with Gasteiger partial charge < -0.3 is 10.2 Å². The second kappa shape index (κ2) is 9.93. The van der Waals surface area contributed by atoms with E-state index in [0.29, 0.717) is 27.9 Å². The molecule has 1 amide bonds. The normalized spacial score (nSPS) is 12.5. The van der Waals surface area contributed by atoms with E-state index in [9.17, 15) is 9.18 Å². The Bertz CT molecular complexity index is 1080. The van der Waals surface area contributed by atoms with Crippen LogP contribution in [0.15, 0.2) is 23.4 Å². The van der Waals surface area contributed by atoms with Crippen molar-refractivity contribution >= 4 is 35.0 Å². The Labute approximate surface area is 190 Å². The van der Waals surface area contributed by atoms with E-state index in [1.54, 1.807) is 16.6 Å². The molecule has 0 saturated heterocycles. The molecule has 0 fully saturated rings. The average molecular weight is 465 g/mol. The minimum Gasteiger partial charge on any atom is -0.354 e. The Morgan fingerprint density at radius 1 is 1.32 bits per heavy atom. The molecule has 0 bridgehead atoms. The SMILES string of the molecule is CSc1nc2nc(C)c(CCC(=O)NCC(c3c(F)cccc3Cl)N(C)C)c(C)n2n1. The molecular weight excluding hydrogens is 439 g/mol. The van der Waals surface area contributed by atoms with Crippen molar-refractivity contribution in [1.29, 1.82) is 0 Å². The van der Waals surface area contributed by atoms with Crippen LogP contribution < -0.4 is 5.32 Å². The molecule has 0 spiro atoms. The maximum absolute atomic E-state index is 14.4. The molecule has 0 radical (unpaired) electrons. The average Bonchev–Trinajstić information content (AvgIpc) is 3.13. The monoisotopic (exact) mass is 464 g/mol. The van der Waals surface area contributed by atoms with E-state index in [4.69, 9.17) is 11.6 Å². The fourth-order valence-corrected chi connectivity index (χ4v) is 4.17. The third kappa shape index (κ3) is 5.16. The summed E-state index contributed by atoms with van der Waals surface area (Å²) in [7, 11) is 3.66. The Hall–Kier alpha value is -2.23. The molecule has 7 nitrogen and oxygen atoms in total. The van der Waals surface area contributed by atoms with Gasteiger partial charge in [-0.25, -0.2) is 13.9 Å². The number of thioether (sulfide) groups is 1. The number of fused-ring (bicyclic) bond motifs is 1. The predicted molar refractivity (Wildman–Crippen MR) is 121 cm³/mol. The van der Waals surface area contributed by atoms with E-state index in [-0.39, 0.29) is 30.7 Å². The zero-order valence-corrected chi connectivity index (χ0v) is 19.8. The van der Waals surface area contributed by atoms with Crippen LogP contribution in [0.3, 0.4) is 0 Å². The van der Waals surface area contributed by atoms with Gasteiger partial charge in [-0.05, 0) is 58.3 Å². The van der Waals surface area contributed by atoms with Gasteiger partial charge in [0.25, 0.3) is 5.78 Å². The first-order valence-electron chi connectivity index (χ1n) is 9.86. The highest BCUT2D eigenvalue weighted by Crippen LogP contribution is 2.28. The van der Waals surface area contributed by atoms with Crippen molar-refractivity contribution in [2.24, 2.45) is 0 Å². The maximum Gasteiger partial charge on any atom is 0.253 e. The summed E-state index contributed by atoms with van der Waals surface area (Å²) in [5, 5.41) is 8.35. The number of amides is 1. The summed E-state index contributed by atoms with van der Waals surface area (Å²) in [5.41, 5.74) is 3.11. The van der Waals surface area contributed by atoms with Gasteiger partial charge in [0.2, 0.25) is 11.1 Å². The first-order chi connectivity index (χ1) is 14.7. The molecule has 1 aromatic carbocycles. The number of hydrogen-bond donors (Lipinski definition) is 1. The van der Waals surface area contributed by atoms with Crippen molar-refractivity contribution in [3.05, 3.63) is 51.6 Å². The first-order valence-corrected chi connectivity index (χ1v) is 11.5. The number of likely N-dealkylation sites (N-methyl/N-ethyl adjacent to an activating group) is 1. The molecule has 10 heteroatoms. The highest BCUT2D eigenvalue weighted by atomic mass is 35.5. The quantitative estimate of drug-likeness (QED) is 0.513. The number of carbonyl (C=O) groups excluding carboxylic acids is 1. The number of rotatable bonds is 8. The van der Waals surface area contributed by atoms with Gasteiger partial charge in [-0.2, -0.15) is 4.98 Å². The summed E-state index contributed by atoms with van der Waals surface area (Å²) in [6, 6.07) is 4.22. The lowest BCUT2D eigenvalue weighted by molar-refractivity contribution is -0.121. The summed E-state index contributed by atoms with van der Waals surface area (Å²) in [4.78, 5) is 23.3.